The molecule has 0 spiro atoms. The molecule has 0 N–H and O–H groups in total. The van der Waals surface area contributed by atoms with Crippen LogP contribution in [-0.4, -0.2) is 9.55 Å². The predicted molar refractivity (Wildman–Crippen MR) is 169 cm³/mol. The van der Waals surface area contributed by atoms with Gasteiger partial charge in [0.05, 0.1) is 21.6 Å². The van der Waals surface area contributed by atoms with Crippen molar-refractivity contribution in [1.82, 2.24) is 9.55 Å². The summed E-state index contributed by atoms with van der Waals surface area (Å²) in [6, 6.07) is 48.1. The highest BCUT2D eigenvalue weighted by Gasteiger charge is 2.26. The summed E-state index contributed by atoms with van der Waals surface area (Å²) >= 11 is 1.79. The van der Waals surface area contributed by atoms with Gasteiger partial charge in [-0.15, -0.1) is 11.3 Å². The Kier molecular flexibility index (Phi) is 4.52. The van der Waals surface area contributed by atoms with Gasteiger partial charge in [-0.25, -0.2) is 4.98 Å². The van der Waals surface area contributed by atoms with Gasteiger partial charge in [-0.1, -0.05) is 91.0 Å². The fraction of sp³-hybridized carbons (Fsp3) is 0. The van der Waals surface area contributed by atoms with Crippen LogP contribution in [0.3, 0.4) is 0 Å². The molecular weight excluding hydrogens is 504 g/mol. The molecule has 2 nitrogen and oxygen atoms in total. The molecule has 9 rings (SSSR count). The van der Waals surface area contributed by atoms with Crippen LogP contribution in [0.5, 0.6) is 0 Å². The first-order valence-corrected chi connectivity index (χ1v) is 14.4. The fourth-order valence-corrected chi connectivity index (χ4v) is 7.47. The van der Waals surface area contributed by atoms with Gasteiger partial charge in [0, 0.05) is 33.2 Å². The van der Waals surface area contributed by atoms with Crippen molar-refractivity contribution in [3.05, 3.63) is 133 Å². The second-order valence-corrected chi connectivity index (χ2v) is 11.4. The van der Waals surface area contributed by atoms with Gasteiger partial charge in [0.1, 0.15) is 5.01 Å². The molecular formula is C37H22N2S. The summed E-state index contributed by atoms with van der Waals surface area (Å²) in [6.07, 6.45) is 0. The molecule has 0 aliphatic heterocycles. The van der Waals surface area contributed by atoms with E-state index in [0.717, 1.165) is 22.0 Å². The van der Waals surface area contributed by atoms with Crippen molar-refractivity contribution in [3.8, 4) is 49.1 Å². The van der Waals surface area contributed by atoms with Crippen LogP contribution in [0.4, 0.5) is 0 Å². The summed E-state index contributed by atoms with van der Waals surface area (Å²) < 4.78 is 2.38. The summed E-state index contributed by atoms with van der Waals surface area (Å²) in [6.45, 7) is 0. The standard InChI is InChI=1S/C37H22N2S/c1-2-8-23(9-3-1)26-18-21-33-31(22-26)28-12-4-5-15-32(28)39(33)27-19-16-25(17-20-27)37-38-35-29-13-6-10-24-11-7-14-30(34(24)29)36(35)40-37/h1-22H. The number of thiazole rings is 1. The van der Waals surface area contributed by atoms with Crippen molar-refractivity contribution in [3.63, 3.8) is 0 Å². The van der Waals surface area contributed by atoms with E-state index in [4.69, 9.17) is 4.98 Å². The molecule has 1 aliphatic rings. The van der Waals surface area contributed by atoms with E-state index in [2.05, 4.69) is 138 Å². The van der Waals surface area contributed by atoms with Crippen LogP contribution in [-0.2, 0) is 0 Å². The lowest BCUT2D eigenvalue weighted by atomic mass is 10.0. The van der Waals surface area contributed by atoms with Crippen molar-refractivity contribution in [2.45, 2.75) is 0 Å². The molecule has 8 aromatic rings. The Morgan fingerprint density at radius 1 is 0.525 bits per heavy atom. The molecule has 3 heteroatoms. The molecule has 6 aromatic carbocycles. The molecule has 0 bridgehead atoms. The SMILES string of the molecule is c1ccc(-c2ccc3c(c2)c2ccccc2n3-c2ccc(-c3nc4c(s3)-c3cccc5cccc-4c35)cc2)cc1. The van der Waals surface area contributed by atoms with Gasteiger partial charge in [0.2, 0.25) is 0 Å². The van der Waals surface area contributed by atoms with Gasteiger partial charge >= 0.3 is 0 Å². The van der Waals surface area contributed by atoms with Gasteiger partial charge < -0.3 is 4.57 Å². The highest BCUT2D eigenvalue weighted by atomic mass is 32.1. The Morgan fingerprint density at radius 3 is 2.10 bits per heavy atom. The quantitative estimate of drug-likeness (QED) is 0.224. The third kappa shape index (κ3) is 3.07. The highest BCUT2D eigenvalue weighted by Crippen LogP contribution is 2.51. The molecule has 0 radical (unpaired) electrons. The van der Waals surface area contributed by atoms with E-state index >= 15 is 0 Å². The summed E-state index contributed by atoms with van der Waals surface area (Å²) in [5.41, 5.74) is 10.9. The van der Waals surface area contributed by atoms with Crippen LogP contribution in [0.15, 0.2) is 133 Å². The van der Waals surface area contributed by atoms with Crippen molar-refractivity contribution in [1.29, 1.82) is 0 Å². The van der Waals surface area contributed by atoms with Gasteiger partial charge in [-0.3, -0.25) is 0 Å². The van der Waals surface area contributed by atoms with Gasteiger partial charge in [-0.05, 0) is 64.4 Å². The number of hydrogen-bond donors (Lipinski definition) is 0. The number of hydrogen-bond acceptors (Lipinski definition) is 2. The molecule has 2 aromatic heterocycles. The average molecular weight is 527 g/mol. The van der Waals surface area contributed by atoms with E-state index in [-0.39, 0.29) is 0 Å². The van der Waals surface area contributed by atoms with Crippen molar-refractivity contribution >= 4 is 43.9 Å². The third-order valence-corrected chi connectivity index (χ3v) is 9.32. The van der Waals surface area contributed by atoms with Crippen LogP contribution in [0, 0.1) is 0 Å². The van der Waals surface area contributed by atoms with E-state index in [1.54, 1.807) is 11.3 Å². The minimum atomic E-state index is 1.07. The lowest BCUT2D eigenvalue weighted by Gasteiger charge is -2.09. The molecule has 0 saturated carbocycles. The monoisotopic (exact) mass is 526 g/mol. The number of nitrogens with zero attached hydrogens (tertiary/aromatic N) is 2. The minimum absolute atomic E-state index is 1.07. The molecule has 0 amide bonds. The number of aromatic nitrogens is 2. The van der Waals surface area contributed by atoms with Gasteiger partial charge in [0.25, 0.3) is 0 Å². The molecule has 2 heterocycles. The van der Waals surface area contributed by atoms with E-state index in [1.165, 1.54) is 59.7 Å². The topological polar surface area (TPSA) is 17.8 Å². The second-order valence-electron chi connectivity index (χ2n) is 10.4. The van der Waals surface area contributed by atoms with Crippen LogP contribution in [0.2, 0.25) is 0 Å². The van der Waals surface area contributed by atoms with Crippen LogP contribution in [0.25, 0.3) is 81.7 Å². The number of benzene rings is 6. The normalized spacial score (nSPS) is 12.0. The maximum Gasteiger partial charge on any atom is 0.124 e. The van der Waals surface area contributed by atoms with Gasteiger partial charge in [-0.2, -0.15) is 0 Å². The average Bonchev–Trinajstić information content (AvgIpc) is 3.69. The largest absolute Gasteiger partial charge is 0.309 e. The first-order valence-electron chi connectivity index (χ1n) is 13.6. The first-order chi connectivity index (χ1) is 19.8. The number of rotatable bonds is 3. The molecule has 0 fully saturated rings. The van der Waals surface area contributed by atoms with E-state index < -0.39 is 0 Å². The smallest absolute Gasteiger partial charge is 0.124 e. The first kappa shape index (κ1) is 21.9. The molecule has 40 heavy (non-hydrogen) atoms. The lowest BCUT2D eigenvalue weighted by molar-refractivity contribution is 1.18. The van der Waals surface area contributed by atoms with E-state index in [0.29, 0.717) is 0 Å². The molecule has 1 aliphatic carbocycles. The summed E-state index contributed by atoms with van der Waals surface area (Å²) in [7, 11) is 0. The van der Waals surface area contributed by atoms with Crippen LogP contribution in [0.1, 0.15) is 0 Å². The van der Waals surface area contributed by atoms with Crippen LogP contribution < -0.4 is 0 Å². The summed E-state index contributed by atoms with van der Waals surface area (Å²) in [5.74, 6) is 0. The maximum absolute atomic E-state index is 5.14. The predicted octanol–water partition coefficient (Wildman–Crippen LogP) is 10.4. The number of fused-ring (bicyclic) bond motifs is 6. The highest BCUT2D eigenvalue weighted by molar-refractivity contribution is 7.19. The van der Waals surface area contributed by atoms with Gasteiger partial charge in [0.15, 0.2) is 0 Å². The molecule has 186 valence electrons. The Morgan fingerprint density at radius 2 is 1.25 bits per heavy atom. The Hall–Kier alpha value is -4.99. The fourth-order valence-electron chi connectivity index (χ4n) is 6.35. The molecule has 0 unspecified atom stereocenters. The van der Waals surface area contributed by atoms with Crippen molar-refractivity contribution in [2.24, 2.45) is 0 Å². The molecule has 0 saturated heterocycles. The van der Waals surface area contributed by atoms with Crippen molar-refractivity contribution < 1.29 is 0 Å². The van der Waals surface area contributed by atoms with E-state index in [1.807, 2.05) is 0 Å². The zero-order valence-electron chi connectivity index (χ0n) is 21.5. The summed E-state index contributed by atoms with van der Waals surface area (Å²) in [4.78, 5) is 6.42. The maximum atomic E-state index is 5.14. The van der Waals surface area contributed by atoms with Crippen LogP contribution >= 0.6 is 11.3 Å². The number of para-hydroxylation sites is 1. The van der Waals surface area contributed by atoms with E-state index in [9.17, 15) is 0 Å². The zero-order valence-corrected chi connectivity index (χ0v) is 22.3. The minimum Gasteiger partial charge on any atom is -0.309 e. The third-order valence-electron chi connectivity index (χ3n) is 8.18. The second kappa shape index (κ2) is 8.25. The Balaban J connectivity index is 1.15. The lowest BCUT2D eigenvalue weighted by Crippen LogP contribution is -1.93. The zero-order chi connectivity index (χ0) is 26.2. The van der Waals surface area contributed by atoms with Crippen molar-refractivity contribution in [2.75, 3.05) is 0 Å². The summed E-state index contributed by atoms with van der Waals surface area (Å²) in [5, 5.41) is 6.22. The Bertz CT molecular complexity index is 2200. The molecule has 0 atom stereocenters. The Labute approximate surface area is 235 Å².